The fourth-order valence-electron chi connectivity index (χ4n) is 3.09. The first kappa shape index (κ1) is 15.8. The van der Waals surface area contributed by atoms with Crippen LogP contribution in [0.5, 0.6) is 5.75 Å². The number of carbonyl (C=O) groups excluding carboxylic acids is 1. The van der Waals surface area contributed by atoms with Crippen molar-refractivity contribution in [3.05, 3.63) is 29.8 Å². The summed E-state index contributed by atoms with van der Waals surface area (Å²) in [6, 6.07) is 6.94. The average Bonchev–Trinajstić information content (AvgIpc) is 2.77. The minimum Gasteiger partial charge on any atom is -0.508 e. The second-order valence-corrected chi connectivity index (χ2v) is 5.84. The molecule has 2 rings (SSSR count). The zero-order valence-electron chi connectivity index (χ0n) is 12.6. The van der Waals surface area contributed by atoms with Gasteiger partial charge in [0.1, 0.15) is 5.75 Å². The van der Waals surface area contributed by atoms with Crippen molar-refractivity contribution in [3.8, 4) is 5.75 Å². The topological polar surface area (TPSA) is 66.6 Å². The van der Waals surface area contributed by atoms with Gasteiger partial charge in [-0.25, -0.2) is 0 Å². The molecule has 1 aliphatic carbocycles. The van der Waals surface area contributed by atoms with E-state index < -0.39 is 0 Å². The Labute approximate surface area is 126 Å². The fraction of sp³-hybridized carbons (Fsp3) is 0.588. The summed E-state index contributed by atoms with van der Waals surface area (Å²) >= 11 is 0. The highest BCUT2D eigenvalue weighted by Gasteiger charge is 2.25. The number of aromatic hydroxyl groups is 1. The Morgan fingerprint density at radius 2 is 1.95 bits per heavy atom. The Bertz CT molecular complexity index is 454. The molecule has 116 valence electrons. The second kappa shape index (κ2) is 8.03. The van der Waals surface area contributed by atoms with Crippen LogP contribution in [0.25, 0.3) is 0 Å². The molecule has 1 aromatic rings. The number of hydrogen-bond acceptors (Lipinski definition) is 3. The molecule has 1 fully saturated rings. The standard InChI is InChI=1S/C17H26N2O2/c18-11-6-12-19(15-8-3-1-2-4-9-15)17(21)14-7-5-10-16(20)13-14/h5,7,10,13,15,20H,1-4,6,8-9,11-12,18H2. The Balaban J connectivity index is 2.15. The van der Waals surface area contributed by atoms with Gasteiger partial charge in [-0.2, -0.15) is 0 Å². The maximum Gasteiger partial charge on any atom is 0.254 e. The molecule has 4 nitrogen and oxygen atoms in total. The van der Waals surface area contributed by atoms with E-state index in [-0.39, 0.29) is 11.7 Å². The first-order valence-electron chi connectivity index (χ1n) is 8.02. The van der Waals surface area contributed by atoms with Gasteiger partial charge in [0.25, 0.3) is 5.91 Å². The lowest BCUT2D eigenvalue weighted by Gasteiger charge is -2.31. The van der Waals surface area contributed by atoms with E-state index in [0.717, 1.165) is 19.3 Å². The van der Waals surface area contributed by atoms with Gasteiger partial charge in [-0.1, -0.05) is 31.7 Å². The third kappa shape index (κ3) is 4.46. The van der Waals surface area contributed by atoms with Crippen LogP contribution in [0.1, 0.15) is 55.3 Å². The molecule has 1 aromatic carbocycles. The van der Waals surface area contributed by atoms with Crippen molar-refractivity contribution in [2.24, 2.45) is 5.73 Å². The molecule has 21 heavy (non-hydrogen) atoms. The Hall–Kier alpha value is -1.55. The third-order valence-electron chi connectivity index (χ3n) is 4.22. The first-order valence-corrected chi connectivity index (χ1v) is 8.02. The van der Waals surface area contributed by atoms with Gasteiger partial charge in [0.2, 0.25) is 0 Å². The van der Waals surface area contributed by atoms with Crippen molar-refractivity contribution in [1.82, 2.24) is 4.90 Å². The van der Waals surface area contributed by atoms with Gasteiger partial charge in [0, 0.05) is 18.2 Å². The number of phenols is 1. The number of phenolic OH excluding ortho intramolecular Hbond substituents is 1. The molecule has 4 heteroatoms. The molecule has 0 aliphatic heterocycles. The molecular formula is C17H26N2O2. The van der Waals surface area contributed by atoms with Gasteiger partial charge < -0.3 is 15.7 Å². The fourth-order valence-corrected chi connectivity index (χ4v) is 3.09. The molecule has 0 unspecified atom stereocenters. The number of amides is 1. The summed E-state index contributed by atoms with van der Waals surface area (Å²) in [5.74, 6) is 0.159. The maximum absolute atomic E-state index is 12.8. The summed E-state index contributed by atoms with van der Waals surface area (Å²) in [6.07, 6.45) is 7.89. The third-order valence-corrected chi connectivity index (χ3v) is 4.22. The van der Waals surface area contributed by atoms with Crippen LogP contribution in [-0.2, 0) is 0 Å². The van der Waals surface area contributed by atoms with Crippen molar-refractivity contribution < 1.29 is 9.90 Å². The zero-order chi connectivity index (χ0) is 15.1. The van der Waals surface area contributed by atoms with E-state index in [9.17, 15) is 9.90 Å². The number of nitrogens with two attached hydrogens (primary N) is 1. The highest BCUT2D eigenvalue weighted by molar-refractivity contribution is 5.94. The Kier molecular flexibility index (Phi) is 6.05. The van der Waals surface area contributed by atoms with E-state index in [1.54, 1.807) is 24.3 Å². The quantitative estimate of drug-likeness (QED) is 0.819. The molecule has 1 amide bonds. The maximum atomic E-state index is 12.8. The van der Waals surface area contributed by atoms with Crippen LogP contribution in [0.2, 0.25) is 0 Å². The predicted octanol–water partition coefficient (Wildman–Crippen LogP) is 2.91. The Morgan fingerprint density at radius 1 is 1.24 bits per heavy atom. The molecule has 3 N–H and O–H groups in total. The van der Waals surface area contributed by atoms with Gasteiger partial charge in [-0.3, -0.25) is 4.79 Å². The smallest absolute Gasteiger partial charge is 0.254 e. The van der Waals surface area contributed by atoms with Gasteiger partial charge in [0.05, 0.1) is 0 Å². The summed E-state index contributed by atoms with van der Waals surface area (Å²) in [6.45, 7) is 1.30. The van der Waals surface area contributed by atoms with Crippen LogP contribution in [0.15, 0.2) is 24.3 Å². The largest absolute Gasteiger partial charge is 0.508 e. The lowest BCUT2D eigenvalue weighted by molar-refractivity contribution is 0.0658. The number of rotatable bonds is 5. The molecule has 1 aliphatic rings. The molecule has 1 saturated carbocycles. The van der Waals surface area contributed by atoms with E-state index >= 15 is 0 Å². The lowest BCUT2D eigenvalue weighted by Crippen LogP contribution is -2.41. The van der Waals surface area contributed by atoms with Crippen LogP contribution in [0.4, 0.5) is 0 Å². The average molecular weight is 290 g/mol. The zero-order valence-corrected chi connectivity index (χ0v) is 12.6. The molecule has 0 spiro atoms. The molecule has 0 aromatic heterocycles. The van der Waals surface area contributed by atoms with Crippen molar-refractivity contribution in [2.75, 3.05) is 13.1 Å². The van der Waals surface area contributed by atoms with Gasteiger partial charge in [-0.15, -0.1) is 0 Å². The highest BCUT2D eigenvalue weighted by Crippen LogP contribution is 2.24. The molecule has 0 bridgehead atoms. The van der Waals surface area contributed by atoms with E-state index in [0.29, 0.717) is 24.7 Å². The minimum atomic E-state index is 0.0197. The van der Waals surface area contributed by atoms with E-state index in [1.165, 1.54) is 25.7 Å². The number of nitrogens with zero attached hydrogens (tertiary/aromatic N) is 1. The SMILES string of the molecule is NCCCN(C(=O)c1cccc(O)c1)C1CCCCCC1. The van der Waals surface area contributed by atoms with Crippen LogP contribution < -0.4 is 5.73 Å². The molecule has 0 heterocycles. The molecular weight excluding hydrogens is 264 g/mol. The van der Waals surface area contributed by atoms with Crippen LogP contribution in [0.3, 0.4) is 0 Å². The van der Waals surface area contributed by atoms with E-state index in [2.05, 4.69) is 0 Å². The van der Waals surface area contributed by atoms with Gasteiger partial charge in [0.15, 0.2) is 0 Å². The molecule has 0 radical (unpaired) electrons. The lowest BCUT2D eigenvalue weighted by atomic mass is 10.0. The second-order valence-electron chi connectivity index (χ2n) is 5.84. The first-order chi connectivity index (χ1) is 10.2. The summed E-state index contributed by atoms with van der Waals surface area (Å²) in [4.78, 5) is 14.8. The van der Waals surface area contributed by atoms with Crippen molar-refractivity contribution in [1.29, 1.82) is 0 Å². The van der Waals surface area contributed by atoms with Crippen LogP contribution in [-0.4, -0.2) is 35.0 Å². The van der Waals surface area contributed by atoms with Crippen molar-refractivity contribution >= 4 is 5.91 Å². The van der Waals surface area contributed by atoms with E-state index in [1.807, 2.05) is 4.90 Å². The van der Waals surface area contributed by atoms with Gasteiger partial charge in [-0.05, 0) is 44.0 Å². The highest BCUT2D eigenvalue weighted by atomic mass is 16.3. The summed E-state index contributed by atoms with van der Waals surface area (Å²) in [5, 5.41) is 9.58. The number of benzene rings is 1. The van der Waals surface area contributed by atoms with Crippen molar-refractivity contribution in [3.63, 3.8) is 0 Å². The van der Waals surface area contributed by atoms with Crippen LogP contribution in [0, 0.1) is 0 Å². The summed E-state index contributed by atoms with van der Waals surface area (Å²) in [7, 11) is 0. The monoisotopic (exact) mass is 290 g/mol. The normalized spacial score (nSPS) is 16.4. The van der Waals surface area contributed by atoms with E-state index in [4.69, 9.17) is 5.73 Å². The summed E-state index contributed by atoms with van der Waals surface area (Å²) < 4.78 is 0. The predicted molar refractivity (Wildman–Crippen MR) is 84.3 cm³/mol. The minimum absolute atomic E-state index is 0.0197. The molecule has 0 atom stereocenters. The van der Waals surface area contributed by atoms with Gasteiger partial charge >= 0.3 is 0 Å². The Morgan fingerprint density at radius 3 is 2.57 bits per heavy atom. The number of carbonyl (C=O) groups is 1. The number of hydrogen-bond donors (Lipinski definition) is 2. The molecule has 0 saturated heterocycles. The summed E-state index contributed by atoms with van der Waals surface area (Å²) in [5.41, 5.74) is 6.19. The van der Waals surface area contributed by atoms with Crippen molar-refractivity contribution in [2.45, 2.75) is 51.0 Å². The van der Waals surface area contributed by atoms with Crippen LogP contribution >= 0.6 is 0 Å².